The fraction of sp³-hybridized carbons (Fsp3) is 0.0800. The number of methoxy groups -OCH3 is 1. The second kappa shape index (κ2) is 9.94. The fourth-order valence-corrected chi connectivity index (χ4v) is 4.62. The van der Waals surface area contributed by atoms with Gasteiger partial charge in [0, 0.05) is 17.1 Å². The number of hydrogen-bond donors (Lipinski definition) is 3. The number of phenols is 1. The number of fused-ring (bicyclic) bond motifs is 1. The lowest BCUT2D eigenvalue weighted by molar-refractivity contribution is 0.102. The van der Waals surface area contributed by atoms with Crippen LogP contribution in [0.25, 0.3) is 10.8 Å². The number of anilines is 1. The van der Waals surface area contributed by atoms with E-state index in [1.807, 2.05) is 0 Å². The van der Waals surface area contributed by atoms with E-state index in [0.717, 1.165) is 6.07 Å². The first kappa shape index (κ1) is 25.1. The van der Waals surface area contributed by atoms with E-state index in [1.165, 1.54) is 19.2 Å². The molecule has 4 rings (SSSR count). The number of ether oxygens (including phenoxy) is 1. The number of hydrogen-bond acceptors (Lipinski definition) is 7. The molecule has 1 amide bonds. The predicted molar refractivity (Wildman–Crippen MR) is 137 cm³/mol. The molecule has 0 fully saturated rings. The molecule has 0 radical (unpaired) electrons. The Morgan fingerprint density at radius 1 is 1.03 bits per heavy atom. The van der Waals surface area contributed by atoms with Gasteiger partial charge in [-0.05, 0) is 48.2 Å². The van der Waals surface area contributed by atoms with Crippen LogP contribution in [0, 0.1) is 6.92 Å². The number of nitrogens with zero attached hydrogens (tertiary/aromatic N) is 2. The standard InChI is InChI=1S/C25H20ClN3O6S/c1-14-10-20(26)22(36(32,33)34)13-21(14)28-29-23-18-9-4-3-6-15(18)11-19(24(23)30)25(31)27-16-7-5-8-17(12-16)35-2/h3-13,30H,1-2H3,(H,27,31)(H,32,33,34). The van der Waals surface area contributed by atoms with Crippen LogP contribution in [0.2, 0.25) is 5.02 Å². The van der Waals surface area contributed by atoms with Crippen LogP contribution in [-0.4, -0.2) is 31.1 Å². The van der Waals surface area contributed by atoms with Crippen LogP contribution in [0.15, 0.2) is 81.9 Å². The highest BCUT2D eigenvalue weighted by Crippen LogP contribution is 2.40. The minimum Gasteiger partial charge on any atom is -0.505 e. The van der Waals surface area contributed by atoms with Crippen LogP contribution >= 0.6 is 11.6 Å². The Bertz CT molecular complexity index is 1640. The second-order valence-corrected chi connectivity index (χ2v) is 9.57. The van der Waals surface area contributed by atoms with Gasteiger partial charge in [0.15, 0.2) is 5.75 Å². The van der Waals surface area contributed by atoms with Gasteiger partial charge in [0.25, 0.3) is 16.0 Å². The number of phenolic OH excluding ortho intramolecular Hbond substituents is 1. The Labute approximate surface area is 211 Å². The molecule has 36 heavy (non-hydrogen) atoms. The molecular weight excluding hydrogens is 506 g/mol. The van der Waals surface area contributed by atoms with Gasteiger partial charge >= 0.3 is 0 Å². The SMILES string of the molecule is COc1cccc(NC(=O)c2cc3ccccc3c(N=Nc3cc(S(=O)(=O)O)c(Cl)cc3C)c2O)c1. The first-order valence-corrected chi connectivity index (χ1v) is 12.3. The summed E-state index contributed by atoms with van der Waals surface area (Å²) in [5.41, 5.74) is 1.00. The van der Waals surface area contributed by atoms with Gasteiger partial charge in [-0.2, -0.15) is 13.5 Å². The summed E-state index contributed by atoms with van der Waals surface area (Å²) in [6, 6.07) is 17.6. The van der Waals surface area contributed by atoms with Gasteiger partial charge in [-0.15, -0.1) is 5.11 Å². The molecular formula is C25H20ClN3O6S. The number of nitrogens with one attached hydrogen (secondary N) is 1. The largest absolute Gasteiger partial charge is 0.505 e. The summed E-state index contributed by atoms with van der Waals surface area (Å²) in [5.74, 6) is -0.452. The minimum absolute atomic E-state index is 0.00616. The molecule has 4 aromatic carbocycles. The highest BCUT2D eigenvalue weighted by Gasteiger charge is 2.20. The third kappa shape index (κ3) is 5.15. The van der Waals surface area contributed by atoms with Crippen LogP contribution in [0.4, 0.5) is 17.1 Å². The Balaban J connectivity index is 1.80. The maximum atomic E-state index is 13.1. The summed E-state index contributed by atoms with van der Waals surface area (Å²) in [6.07, 6.45) is 0. The summed E-state index contributed by atoms with van der Waals surface area (Å²) in [5, 5.41) is 22.9. The third-order valence-electron chi connectivity index (χ3n) is 5.35. The summed E-state index contributed by atoms with van der Waals surface area (Å²) in [7, 11) is -3.09. The van der Waals surface area contributed by atoms with Crippen molar-refractivity contribution < 1.29 is 27.6 Å². The molecule has 0 spiro atoms. The number of rotatable bonds is 6. The Morgan fingerprint density at radius 3 is 2.50 bits per heavy atom. The van der Waals surface area contributed by atoms with E-state index in [9.17, 15) is 22.9 Å². The van der Waals surface area contributed by atoms with Crippen molar-refractivity contribution in [1.29, 1.82) is 0 Å². The second-order valence-electron chi connectivity index (χ2n) is 7.77. The van der Waals surface area contributed by atoms with Gasteiger partial charge in [-0.1, -0.05) is 41.9 Å². The predicted octanol–water partition coefficient (Wildman–Crippen LogP) is 6.43. The monoisotopic (exact) mass is 525 g/mol. The Hall–Kier alpha value is -3.99. The maximum absolute atomic E-state index is 13.1. The first-order chi connectivity index (χ1) is 17.1. The normalized spacial score (nSPS) is 11.7. The zero-order valence-electron chi connectivity index (χ0n) is 19.1. The zero-order chi connectivity index (χ0) is 26.0. The van der Waals surface area contributed by atoms with Gasteiger partial charge in [-0.3, -0.25) is 9.35 Å². The summed E-state index contributed by atoms with van der Waals surface area (Å²) >= 11 is 5.94. The van der Waals surface area contributed by atoms with Gasteiger partial charge in [0.2, 0.25) is 0 Å². The molecule has 9 nitrogen and oxygen atoms in total. The number of benzene rings is 4. The molecule has 0 aromatic heterocycles. The smallest absolute Gasteiger partial charge is 0.296 e. The van der Waals surface area contributed by atoms with Crippen molar-refractivity contribution in [3.8, 4) is 11.5 Å². The number of amides is 1. The summed E-state index contributed by atoms with van der Waals surface area (Å²) in [4.78, 5) is 12.5. The van der Waals surface area contributed by atoms with Gasteiger partial charge in [0.1, 0.15) is 16.3 Å². The van der Waals surface area contributed by atoms with Crippen molar-refractivity contribution in [2.24, 2.45) is 10.2 Å². The number of azo groups is 1. The average Bonchev–Trinajstić information content (AvgIpc) is 2.83. The van der Waals surface area contributed by atoms with Crippen LogP contribution in [0.1, 0.15) is 15.9 Å². The van der Waals surface area contributed by atoms with E-state index >= 15 is 0 Å². The molecule has 0 unspecified atom stereocenters. The molecule has 4 aromatic rings. The number of carbonyl (C=O) groups excluding carboxylic acids is 1. The minimum atomic E-state index is -4.60. The van der Waals surface area contributed by atoms with E-state index in [2.05, 4.69) is 15.5 Å². The lowest BCUT2D eigenvalue weighted by atomic mass is 10.0. The average molecular weight is 526 g/mol. The van der Waals surface area contributed by atoms with Gasteiger partial charge < -0.3 is 15.2 Å². The van der Waals surface area contributed by atoms with Crippen LogP contribution in [0.3, 0.4) is 0 Å². The highest BCUT2D eigenvalue weighted by atomic mass is 35.5. The molecule has 0 bridgehead atoms. The topological polar surface area (TPSA) is 138 Å². The van der Waals surface area contributed by atoms with Gasteiger partial charge in [0.05, 0.1) is 23.4 Å². The molecule has 184 valence electrons. The van der Waals surface area contributed by atoms with Crippen LogP contribution in [0.5, 0.6) is 11.5 Å². The summed E-state index contributed by atoms with van der Waals surface area (Å²) in [6.45, 7) is 1.63. The zero-order valence-corrected chi connectivity index (χ0v) is 20.6. The molecule has 0 saturated heterocycles. The van der Waals surface area contributed by atoms with Gasteiger partial charge in [-0.25, -0.2) is 0 Å². The van der Waals surface area contributed by atoms with E-state index in [1.54, 1.807) is 55.5 Å². The third-order valence-corrected chi connectivity index (χ3v) is 6.67. The molecule has 0 saturated carbocycles. The Morgan fingerprint density at radius 2 is 1.78 bits per heavy atom. The maximum Gasteiger partial charge on any atom is 0.296 e. The van der Waals surface area contributed by atoms with E-state index in [4.69, 9.17) is 16.3 Å². The highest BCUT2D eigenvalue weighted by molar-refractivity contribution is 7.86. The van der Waals surface area contributed by atoms with E-state index in [-0.39, 0.29) is 22.0 Å². The van der Waals surface area contributed by atoms with Crippen LogP contribution < -0.4 is 10.1 Å². The van der Waals surface area contributed by atoms with Crippen molar-refractivity contribution in [3.63, 3.8) is 0 Å². The molecule has 0 aliphatic rings. The molecule has 0 aliphatic heterocycles. The molecule has 3 N–H and O–H groups in total. The quantitative estimate of drug-likeness (QED) is 0.196. The summed E-state index contributed by atoms with van der Waals surface area (Å²) < 4.78 is 37.9. The van der Waals surface area contributed by atoms with Crippen molar-refractivity contribution in [1.82, 2.24) is 0 Å². The lowest BCUT2D eigenvalue weighted by Gasteiger charge is -2.12. The number of aryl methyl sites for hydroxylation is 1. The Kier molecular flexibility index (Phi) is 6.93. The fourth-order valence-electron chi connectivity index (χ4n) is 3.54. The molecule has 0 heterocycles. The lowest BCUT2D eigenvalue weighted by Crippen LogP contribution is -2.12. The number of carbonyl (C=O) groups is 1. The first-order valence-electron chi connectivity index (χ1n) is 10.5. The van der Waals surface area contributed by atoms with E-state index in [0.29, 0.717) is 27.8 Å². The van der Waals surface area contributed by atoms with Crippen molar-refractivity contribution in [2.75, 3.05) is 12.4 Å². The number of halogens is 1. The van der Waals surface area contributed by atoms with Crippen molar-refractivity contribution in [3.05, 3.63) is 82.9 Å². The van der Waals surface area contributed by atoms with Crippen molar-refractivity contribution in [2.45, 2.75) is 11.8 Å². The molecule has 0 aliphatic carbocycles. The van der Waals surface area contributed by atoms with Crippen molar-refractivity contribution >= 4 is 55.5 Å². The van der Waals surface area contributed by atoms with Crippen LogP contribution in [-0.2, 0) is 10.1 Å². The molecule has 0 atom stereocenters. The molecule has 11 heteroatoms. The number of aromatic hydroxyl groups is 1. The van der Waals surface area contributed by atoms with E-state index < -0.39 is 26.7 Å².